The maximum Gasteiger partial charge on any atom is 0.0310 e. The zero-order valence-corrected chi connectivity index (χ0v) is 9.94. The van der Waals surface area contributed by atoms with Gasteiger partial charge in [0.05, 0.1) is 0 Å². The van der Waals surface area contributed by atoms with E-state index in [0.717, 1.165) is 6.54 Å². The lowest BCUT2D eigenvalue weighted by Gasteiger charge is -2.42. The summed E-state index contributed by atoms with van der Waals surface area (Å²) in [6.07, 6.45) is 1.26. The van der Waals surface area contributed by atoms with Gasteiger partial charge in [-0.2, -0.15) is 0 Å². The van der Waals surface area contributed by atoms with Gasteiger partial charge in [-0.3, -0.25) is 5.43 Å². The molecular formula is C11H24N2. The largest absolute Gasteiger partial charge is 0.254 e. The molecule has 0 aromatic carbocycles. The van der Waals surface area contributed by atoms with Crippen LogP contribution < -0.4 is 5.43 Å². The normalized spacial score (nSPS) is 26.8. The molecule has 0 saturated carbocycles. The van der Waals surface area contributed by atoms with Crippen LogP contribution in [0.5, 0.6) is 0 Å². The summed E-state index contributed by atoms with van der Waals surface area (Å²) in [4.78, 5) is 0. The first-order valence-electron chi connectivity index (χ1n) is 5.26. The quantitative estimate of drug-likeness (QED) is 0.622. The first kappa shape index (κ1) is 11.0. The van der Waals surface area contributed by atoms with E-state index in [1.807, 2.05) is 0 Å². The van der Waals surface area contributed by atoms with Crippen LogP contribution in [0.2, 0.25) is 0 Å². The van der Waals surface area contributed by atoms with Crippen molar-refractivity contribution in [3.8, 4) is 0 Å². The van der Waals surface area contributed by atoms with Crippen LogP contribution in [-0.2, 0) is 0 Å². The predicted octanol–water partition coefficient (Wildman–Crippen LogP) is 2.41. The van der Waals surface area contributed by atoms with Gasteiger partial charge in [0.15, 0.2) is 0 Å². The van der Waals surface area contributed by atoms with Crippen LogP contribution in [0.4, 0.5) is 0 Å². The van der Waals surface area contributed by atoms with Crippen LogP contribution in [0.15, 0.2) is 0 Å². The number of hydrazine groups is 1. The van der Waals surface area contributed by atoms with Crippen molar-refractivity contribution in [2.75, 3.05) is 6.54 Å². The second-order valence-electron chi connectivity index (χ2n) is 6.12. The molecule has 2 heteroatoms. The van der Waals surface area contributed by atoms with E-state index in [1.54, 1.807) is 0 Å². The Hall–Kier alpha value is -0.0800. The minimum absolute atomic E-state index is 0.231. The van der Waals surface area contributed by atoms with Gasteiger partial charge in [-0.15, -0.1) is 0 Å². The van der Waals surface area contributed by atoms with Crippen molar-refractivity contribution in [2.45, 2.75) is 59.5 Å². The van der Waals surface area contributed by atoms with Crippen molar-refractivity contribution < 1.29 is 0 Å². The molecule has 1 N–H and O–H groups in total. The average molecular weight is 184 g/mol. The minimum Gasteiger partial charge on any atom is -0.254 e. The summed E-state index contributed by atoms with van der Waals surface area (Å²) in [7, 11) is 0. The van der Waals surface area contributed by atoms with E-state index < -0.39 is 0 Å². The van der Waals surface area contributed by atoms with Crippen molar-refractivity contribution >= 4 is 0 Å². The van der Waals surface area contributed by atoms with E-state index in [4.69, 9.17) is 0 Å². The predicted molar refractivity (Wildman–Crippen MR) is 57.5 cm³/mol. The van der Waals surface area contributed by atoms with Gasteiger partial charge in [0.2, 0.25) is 0 Å². The van der Waals surface area contributed by atoms with Crippen LogP contribution in [0.1, 0.15) is 48.0 Å². The summed E-state index contributed by atoms with van der Waals surface area (Å²) in [5, 5.41) is 2.42. The van der Waals surface area contributed by atoms with Crippen LogP contribution >= 0.6 is 0 Å². The van der Waals surface area contributed by atoms with E-state index in [9.17, 15) is 0 Å². The van der Waals surface area contributed by atoms with Crippen molar-refractivity contribution in [1.29, 1.82) is 0 Å². The Kier molecular flexibility index (Phi) is 2.75. The highest BCUT2D eigenvalue weighted by atomic mass is 15.6. The molecule has 1 aliphatic heterocycles. The molecule has 0 bridgehead atoms. The Morgan fingerprint density at radius 2 is 1.62 bits per heavy atom. The van der Waals surface area contributed by atoms with Crippen molar-refractivity contribution in [1.82, 2.24) is 10.4 Å². The fourth-order valence-corrected chi connectivity index (χ4v) is 2.09. The lowest BCUT2D eigenvalue weighted by Crippen LogP contribution is -2.54. The smallest absolute Gasteiger partial charge is 0.0310 e. The third kappa shape index (κ3) is 2.44. The van der Waals surface area contributed by atoms with Gasteiger partial charge in [-0.25, -0.2) is 5.01 Å². The number of hydrogen-bond donors (Lipinski definition) is 1. The van der Waals surface area contributed by atoms with Crippen LogP contribution in [-0.4, -0.2) is 23.1 Å². The molecule has 0 aromatic rings. The lowest BCUT2D eigenvalue weighted by molar-refractivity contribution is 0.0183. The summed E-state index contributed by atoms with van der Waals surface area (Å²) < 4.78 is 0. The number of nitrogens with zero attached hydrogens (tertiary/aromatic N) is 1. The van der Waals surface area contributed by atoms with Crippen molar-refractivity contribution in [3.63, 3.8) is 0 Å². The van der Waals surface area contributed by atoms with Gasteiger partial charge in [-0.1, -0.05) is 20.8 Å². The van der Waals surface area contributed by atoms with E-state index in [1.165, 1.54) is 6.42 Å². The van der Waals surface area contributed by atoms with E-state index >= 15 is 0 Å². The standard InChI is InChI=1S/C11H24N2/c1-10(2,3)9-7-8-12-13(9)11(4,5)6/h9,12H,7-8H2,1-6H3. The fraction of sp³-hybridized carbons (Fsp3) is 1.00. The highest BCUT2D eigenvalue weighted by molar-refractivity contribution is 4.91. The molecule has 1 rings (SSSR count). The Morgan fingerprint density at radius 1 is 1.08 bits per heavy atom. The molecule has 0 aliphatic carbocycles. The first-order chi connectivity index (χ1) is 5.73. The number of nitrogens with one attached hydrogen (secondary N) is 1. The molecule has 1 atom stereocenters. The van der Waals surface area contributed by atoms with Crippen LogP contribution in [0, 0.1) is 5.41 Å². The van der Waals surface area contributed by atoms with Gasteiger partial charge in [0.1, 0.15) is 0 Å². The summed E-state index contributed by atoms with van der Waals surface area (Å²) in [5.74, 6) is 0. The summed E-state index contributed by atoms with van der Waals surface area (Å²) in [6.45, 7) is 14.9. The number of hydrogen-bond acceptors (Lipinski definition) is 2. The maximum atomic E-state index is 3.49. The van der Waals surface area contributed by atoms with Gasteiger partial charge in [-0.05, 0) is 32.6 Å². The SMILES string of the molecule is CC(C)(C)C1CCNN1C(C)(C)C. The Balaban J connectivity index is 2.76. The minimum atomic E-state index is 0.231. The van der Waals surface area contributed by atoms with E-state index in [0.29, 0.717) is 11.5 Å². The summed E-state index contributed by atoms with van der Waals surface area (Å²) in [5.41, 5.74) is 4.09. The molecule has 1 unspecified atom stereocenters. The van der Waals surface area contributed by atoms with Crippen LogP contribution in [0.3, 0.4) is 0 Å². The Bertz CT molecular complexity index is 154. The summed E-state index contributed by atoms with van der Waals surface area (Å²) in [6, 6.07) is 0.660. The van der Waals surface area contributed by atoms with Gasteiger partial charge in [0, 0.05) is 18.1 Å². The molecule has 0 radical (unpaired) electrons. The van der Waals surface area contributed by atoms with E-state index in [-0.39, 0.29) is 5.54 Å². The number of rotatable bonds is 0. The van der Waals surface area contributed by atoms with Crippen molar-refractivity contribution in [2.24, 2.45) is 5.41 Å². The van der Waals surface area contributed by atoms with Crippen molar-refractivity contribution in [3.05, 3.63) is 0 Å². The second-order valence-corrected chi connectivity index (χ2v) is 6.12. The monoisotopic (exact) mass is 184 g/mol. The van der Waals surface area contributed by atoms with Gasteiger partial charge >= 0.3 is 0 Å². The fourth-order valence-electron chi connectivity index (χ4n) is 2.09. The molecule has 0 amide bonds. The third-order valence-electron chi connectivity index (χ3n) is 2.73. The van der Waals surface area contributed by atoms with E-state index in [2.05, 4.69) is 52.0 Å². The molecule has 2 nitrogen and oxygen atoms in total. The van der Waals surface area contributed by atoms with Gasteiger partial charge < -0.3 is 0 Å². The topological polar surface area (TPSA) is 15.3 Å². The molecular weight excluding hydrogens is 160 g/mol. The lowest BCUT2D eigenvalue weighted by atomic mass is 9.84. The van der Waals surface area contributed by atoms with Crippen LogP contribution in [0.25, 0.3) is 0 Å². The second kappa shape index (κ2) is 3.25. The third-order valence-corrected chi connectivity index (χ3v) is 2.73. The zero-order valence-electron chi connectivity index (χ0n) is 9.94. The molecule has 1 aliphatic rings. The summed E-state index contributed by atoms with van der Waals surface area (Å²) >= 11 is 0. The highest BCUT2D eigenvalue weighted by Crippen LogP contribution is 2.32. The molecule has 1 heterocycles. The zero-order chi connectivity index (χ0) is 10.3. The Labute approximate surface area is 82.7 Å². The molecule has 0 spiro atoms. The highest BCUT2D eigenvalue weighted by Gasteiger charge is 2.39. The van der Waals surface area contributed by atoms with Gasteiger partial charge in [0.25, 0.3) is 0 Å². The molecule has 0 aromatic heterocycles. The molecule has 1 fully saturated rings. The average Bonchev–Trinajstić information content (AvgIpc) is 2.27. The molecule has 13 heavy (non-hydrogen) atoms. The molecule has 78 valence electrons. The first-order valence-corrected chi connectivity index (χ1v) is 5.26. The Morgan fingerprint density at radius 3 is 1.92 bits per heavy atom. The molecule has 1 saturated heterocycles. The maximum absolute atomic E-state index is 3.49.